The third-order valence-corrected chi connectivity index (χ3v) is 6.98. The van der Waals surface area contributed by atoms with Gasteiger partial charge in [0.05, 0.1) is 12.2 Å². The first kappa shape index (κ1) is 14.2. The van der Waals surface area contributed by atoms with Crippen LogP contribution in [0.3, 0.4) is 0 Å². The highest BCUT2D eigenvalue weighted by atomic mass is 28.3. The molecule has 2 atom stereocenters. The Kier molecular flexibility index (Phi) is 4.68. The van der Waals surface area contributed by atoms with Gasteiger partial charge in [0, 0.05) is 6.42 Å². The Bertz CT molecular complexity index is 371. The van der Waals surface area contributed by atoms with E-state index in [1.54, 1.807) is 6.92 Å². The summed E-state index contributed by atoms with van der Waals surface area (Å²) in [4.78, 5) is 0. The summed E-state index contributed by atoms with van der Waals surface area (Å²) in [5.74, 6) is 0. The molecule has 0 amide bonds. The molecule has 3 heteroatoms. The van der Waals surface area contributed by atoms with Crippen LogP contribution in [0.25, 0.3) is 0 Å². The maximum absolute atomic E-state index is 10.1. The molecule has 0 radical (unpaired) electrons. The average molecular weight is 250 g/mol. The fourth-order valence-electron chi connectivity index (χ4n) is 1.92. The summed E-state index contributed by atoms with van der Waals surface area (Å²) >= 11 is 0. The fraction of sp³-hybridized carbons (Fsp3) is 0.429. The molecule has 2 unspecified atom stereocenters. The molecule has 1 aromatic rings. The molecule has 2 nitrogen and oxygen atoms in total. The highest BCUT2D eigenvalue weighted by Gasteiger charge is 2.31. The zero-order chi connectivity index (χ0) is 13.1. The average Bonchev–Trinajstić information content (AvgIpc) is 2.28. The third kappa shape index (κ3) is 3.53. The summed E-state index contributed by atoms with van der Waals surface area (Å²) in [7, 11) is -1.87. The molecule has 0 aliphatic heterocycles. The van der Waals surface area contributed by atoms with Crippen LogP contribution in [0.1, 0.15) is 13.3 Å². The van der Waals surface area contributed by atoms with Gasteiger partial charge in [0.25, 0.3) is 0 Å². The van der Waals surface area contributed by atoms with Crippen molar-refractivity contribution in [2.24, 2.45) is 0 Å². The first-order valence-corrected chi connectivity index (χ1v) is 8.96. The van der Waals surface area contributed by atoms with E-state index in [4.69, 9.17) is 0 Å². The number of hydrogen-bond acceptors (Lipinski definition) is 2. The minimum absolute atomic E-state index is 0.363. The molecule has 1 rings (SSSR count). The first-order valence-electron chi connectivity index (χ1n) is 5.96. The van der Waals surface area contributed by atoms with Crippen molar-refractivity contribution in [3.63, 3.8) is 0 Å². The van der Waals surface area contributed by atoms with E-state index in [9.17, 15) is 10.2 Å². The van der Waals surface area contributed by atoms with Crippen LogP contribution in [0.2, 0.25) is 13.1 Å². The van der Waals surface area contributed by atoms with Gasteiger partial charge >= 0.3 is 0 Å². The van der Waals surface area contributed by atoms with Crippen LogP contribution in [0, 0.1) is 0 Å². The number of aliphatic hydroxyl groups is 2. The summed E-state index contributed by atoms with van der Waals surface area (Å²) in [5, 5.41) is 21.5. The van der Waals surface area contributed by atoms with Crippen molar-refractivity contribution in [3.05, 3.63) is 42.1 Å². The highest BCUT2D eigenvalue weighted by Crippen LogP contribution is 2.19. The molecule has 0 aromatic heterocycles. The molecule has 2 N–H and O–H groups in total. The topological polar surface area (TPSA) is 40.5 Å². The fourth-order valence-corrected chi connectivity index (χ4v) is 4.27. The number of aliphatic hydroxyl groups excluding tert-OH is 2. The molecule has 0 saturated heterocycles. The Morgan fingerprint density at radius 2 is 1.76 bits per heavy atom. The Morgan fingerprint density at radius 1 is 1.24 bits per heavy atom. The zero-order valence-electron chi connectivity index (χ0n) is 10.9. The normalized spacial score (nSPS) is 15.4. The van der Waals surface area contributed by atoms with Crippen LogP contribution in [0.5, 0.6) is 0 Å². The third-order valence-electron chi connectivity index (χ3n) is 3.26. The van der Waals surface area contributed by atoms with Gasteiger partial charge in [-0.05, 0) is 6.92 Å². The SMILES string of the molecule is C=C(C(O)CC(C)O)[Si](C)(C)c1ccccc1. The van der Waals surface area contributed by atoms with E-state index < -0.39 is 20.3 Å². The number of hydrogen-bond donors (Lipinski definition) is 2. The van der Waals surface area contributed by atoms with Crippen LogP contribution in [-0.4, -0.2) is 30.5 Å². The van der Waals surface area contributed by atoms with Crippen molar-refractivity contribution < 1.29 is 10.2 Å². The molecule has 0 aliphatic carbocycles. The number of benzene rings is 1. The van der Waals surface area contributed by atoms with E-state index in [0.29, 0.717) is 6.42 Å². The summed E-state index contributed by atoms with van der Waals surface area (Å²) in [6.45, 7) is 10.1. The second-order valence-electron chi connectivity index (χ2n) is 5.12. The highest BCUT2D eigenvalue weighted by molar-refractivity contribution is 6.95. The van der Waals surface area contributed by atoms with Crippen LogP contribution in [0.4, 0.5) is 0 Å². The molecule has 0 bridgehead atoms. The second-order valence-corrected chi connectivity index (χ2v) is 9.59. The molecule has 1 aromatic carbocycles. The summed E-state index contributed by atoms with van der Waals surface area (Å²) in [6, 6.07) is 10.2. The van der Waals surface area contributed by atoms with E-state index in [-0.39, 0.29) is 0 Å². The van der Waals surface area contributed by atoms with Gasteiger partial charge in [0.2, 0.25) is 0 Å². The second kappa shape index (κ2) is 5.62. The van der Waals surface area contributed by atoms with E-state index in [1.165, 1.54) is 5.19 Å². The van der Waals surface area contributed by atoms with Crippen molar-refractivity contribution in [2.45, 2.75) is 38.6 Å². The minimum Gasteiger partial charge on any atom is -0.393 e. The maximum Gasteiger partial charge on any atom is 0.110 e. The van der Waals surface area contributed by atoms with Gasteiger partial charge in [-0.15, -0.1) is 6.58 Å². The largest absolute Gasteiger partial charge is 0.393 e. The van der Waals surface area contributed by atoms with Gasteiger partial charge in [-0.25, -0.2) is 0 Å². The van der Waals surface area contributed by atoms with Crippen molar-refractivity contribution in [2.75, 3.05) is 0 Å². The maximum atomic E-state index is 10.1. The van der Waals surface area contributed by atoms with Gasteiger partial charge in [-0.1, -0.05) is 53.8 Å². The molecule has 0 saturated carbocycles. The van der Waals surface area contributed by atoms with E-state index in [0.717, 1.165) is 5.20 Å². The van der Waals surface area contributed by atoms with Crippen LogP contribution in [-0.2, 0) is 0 Å². The summed E-state index contributed by atoms with van der Waals surface area (Å²) in [6.07, 6.45) is -0.749. The van der Waals surface area contributed by atoms with Gasteiger partial charge in [-0.2, -0.15) is 0 Å². The van der Waals surface area contributed by atoms with Crippen LogP contribution >= 0.6 is 0 Å². The van der Waals surface area contributed by atoms with Gasteiger partial charge < -0.3 is 10.2 Å². The first-order chi connectivity index (χ1) is 7.85. The number of rotatable bonds is 5. The van der Waals surface area contributed by atoms with Crippen molar-refractivity contribution >= 4 is 13.3 Å². The lowest BCUT2D eigenvalue weighted by Crippen LogP contribution is -2.47. The standard InChI is InChI=1S/C14H22O2Si/c1-11(15)10-14(16)12(2)17(3,4)13-8-6-5-7-9-13/h5-9,11,14-16H,2,10H2,1,3-4H3. The Hall–Kier alpha value is -0.903. The van der Waals surface area contributed by atoms with Crippen LogP contribution in [0.15, 0.2) is 42.1 Å². The molecule has 0 heterocycles. The van der Waals surface area contributed by atoms with E-state index in [1.807, 2.05) is 18.2 Å². The molecular formula is C14H22O2Si. The lowest BCUT2D eigenvalue weighted by Gasteiger charge is -2.29. The zero-order valence-corrected chi connectivity index (χ0v) is 11.9. The monoisotopic (exact) mass is 250 g/mol. The quantitative estimate of drug-likeness (QED) is 0.783. The van der Waals surface area contributed by atoms with Crippen LogP contribution < -0.4 is 5.19 Å². The Balaban J connectivity index is 2.87. The lowest BCUT2D eigenvalue weighted by molar-refractivity contribution is 0.114. The van der Waals surface area contributed by atoms with Gasteiger partial charge in [-0.3, -0.25) is 0 Å². The Morgan fingerprint density at radius 3 is 2.24 bits per heavy atom. The van der Waals surface area contributed by atoms with Gasteiger partial charge in [0.15, 0.2) is 0 Å². The predicted molar refractivity (Wildman–Crippen MR) is 75.0 cm³/mol. The Labute approximate surface area is 105 Å². The van der Waals surface area contributed by atoms with Crippen molar-refractivity contribution in [1.82, 2.24) is 0 Å². The van der Waals surface area contributed by atoms with E-state index >= 15 is 0 Å². The molecular weight excluding hydrogens is 228 g/mol. The molecule has 0 fully saturated rings. The minimum atomic E-state index is -1.87. The smallest absolute Gasteiger partial charge is 0.110 e. The molecule has 94 valence electrons. The summed E-state index contributed by atoms with van der Waals surface area (Å²) in [5.41, 5.74) is 0. The van der Waals surface area contributed by atoms with Gasteiger partial charge in [0.1, 0.15) is 8.07 Å². The summed E-state index contributed by atoms with van der Waals surface area (Å²) < 4.78 is 0. The van der Waals surface area contributed by atoms with Crippen molar-refractivity contribution in [3.8, 4) is 0 Å². The van der Waals surface area contributed by atoms with Crippen molar-refractivity contribution in [1.29, 1.82) is 0 Å². The predicted octanol–water partition coefficient (Wildman–Crippen LogP) is 1.83. The molecule has 0 aliphatic rings. The van der Waals surface area contributed by atoms with E-state index in [2.05, 4.69) is 31.8 Å². The molecule has 17 heavy (non-hydrogen) atoms. The molecule has 0 spiro atoms. The lowest BCUT2D eigenvalue weighted by atomic mass is 10.2.